The maximum atomic E-state index is 13.0. The third-order valence-corrected chi connectivity index (χ3v) is 4.57. The minimum Gasteiger partial charge on any atom is -0.308 e. The largest absolute Gasteiger partial charge is 0.325 e. The number of urea groups is 1. The molecule has 0 fully saturated rings. The number of halogens is 1. The van der Waals surface area contributed by atoms with Gasteiger partial charge in [0.05, 0.1) is 5.56 Å². The number of amides is 5. The molecule has 146 valence electrons. The lowest BCUT2D eigenvalue weighted by atomic mass is 9.93. The van der Waals surface area contributed by atoms with Crippen molar-refractivity contribution in [2.75, 3.05) is 38.4 Å². The lowest BCUT2D eigenvalue weighted by molar-refractivity contribution is -0.117. The Morgan fingerprint density at radius 1 is 1.11 bits per heavy atom. The molecule has 2 aromatic rings. The Bertz CT molecular complexity index is 989. The smallest absolute Gasteiger partial charge is 0.308 e. The molecule has 1 aliphatic heterocycles. The minimum absolute atomic E-state index is 0.253. The van der Waals surface area contributed by atoms with E-state index in [0.29, 0.717) is 34.1 Å². The monoisotopic (exact) mass is 402 g/mol. The van der Waals surface area contributed by atoms with Crippen molar-refractivity contribution < 1.29 is 19.2 Å². The number of nitrogens with one attached hydrogen (secondary N) is 2. The van der Waals surface area contributed by atoms with Gasteiger partial charge in [0.15, 0.2) is 0 Å². The molecule has 0 aliphatic carbocycles. The average molecular weight is 403 g/mol. The van der Waals surface area contributed by atoms with E-state index in [9.17, 15) is 19.2 Å². The average Bonchev–Trinajstić information content (AvgIpc) is 2.65. The fraction of sp³-hybridized carbons (Fsp3) is 0.263. The van der Waals surface area contributed by atoms with Gasteiger partial charge in [-0.25, -0.2) is 4.79 Å². The first kappa shape index (κ1) is 19.8. The second kappa shape index (κ2) is 7.95. The summed E-state index contributed by atoms with van der Waals surface area (Å²) >= 11 is 5.37. The molecule has 0 atom stereocenters. The zero-order chi connectivity index (χ0) is 20.4. The van der Waals surface area contributed by atoms with Crippen molar-refractivity contribution in [3.05, 3.63) is 41.5 Å². The van der Waals surface area contributed by atoms with Crippen molar-refractivity contribution >= 4 is 51.8 Å². The number of anilines is 1. The summed E-state index contributed by atoms with van der Waals surface area (Å²) in [5.74, 6) is -1.74. The zero-order valence-corrected chi connectivity index (χ0v) is 16.2. The standard InChI is InChI=1S/C19H19ClN4O4/c1-23(2)6-7-24-17(26)13-5-3-4-11-8-12(9-14(16(11)13)18(24)27)21-19(28)22-15(25)10-20/h3-5,8-9H,6-7,10H2,1-2H3,(H2,21,22,25,28). The number of imide groups is 2. The third-order valence-electron chi connectivity index (χ3n) is 4.33. The van der Waals surface area contributed by atoms with Gasteiger partial charge < -0.3 is 10.2 Å². The molecule has 5 amide bonds. The number of benzene rings is 2. The van der Waals surface area contributed by atoms with Crippen LogP contribution in [0.15, 0.2) is 30.3 Å². The van der Waals surface area contributed by atoms with Gasteiger partial charge in [-0.1, -0.05) is 12.1 Å². The van der Waals surface area contributed by atoms with Crippen molar-refractivity contribution in [3.63, 3.8) is 0 Å². The van der Waals surface area contributed by atoms with Gasteiger partial charge in [-0.3, -0.25) is 24.6 Å². The summed E-state index contributed by atoms with van der Waals surface area (Å²) < 4.78 is 0. The number of nitrogens with zero attached hydrogens (tertiary/aromatic N) is 2. The molecule has 3 rings (SSSR count). The number of hydrogen-bond acceptors (Lipinski definition) is 5. The van der Waals surface area contributed by atoms with Crippen molar-refractivity contribution in [1.82, 2.24) is 15.1 Å². The summed E-state index contributed by atoms with van der Waals surface area (Å²) in [6.07, 6.45) is 0. The maximum Gasteiger partial charge on any atom is 0.325 e. The van der Waals surface area contributed by atoms with Gasteiger partial charge in [0.2, 0.25) is 5.91 Å². The minimum atomic E-state index is -0.753. The third kappa shape index (κ3) is 3.83. The number of likely N-dealkylation sites (N-methyl/N-ethyl adjacent to an activating group) is 1. The quantitative estimate of drug-likeness (QED) is 0.587. The van der Waals surface area contributed by atoms with Crippen LogP contribution in [0.5, 0.6) is 0 Å². The lowest BCUT2D eigenvalue weighted by Gasteiger charge is -2.28. The Morgan fingerprint density at radius 2 is 1.82 bits per heavy atom. The normalized spacial score (nSPS) is 13.2. The molecular weight excluding hydrogens is 384 g/mol. The van der Waals surface area contributed by atoms with E-state index < -0.39 is 17.8 Å². The first-order valence-corrected chi connectivity index (χ1v) is 9.09. The molecule has 0 aromatic heterocycles. The predicted molar refractivity (Wildman–Crippen MR) is 106 cm³/mol. The van der Waals surface area contributed by atoms with Crippen molar-refractivity contribution in [2.24, 2.45) is 0 Å². The van der Waals surface area contributed by atoms with E-state index in [4.69, 9.17) is 11.6 Å². The summed E-state index contributed by atoms with van der Waals surface area (Å²) in [6.45, 7) is 0.784. The molecule has 0 radical (unpaired) electrons. The van der Waals surface area contributed by atoms with E-state index in [0.717, 1.165) is 0 Å². The van der Waals surface area contributed by atoms with Crippen LogP contribution in [0, 0.1) is 0 Å². The van der Waals surface area contributed by atoms with Crippen LogP contribution in [-0.4, -0.2) is 66.6 Å². The number of rotatable bonds is 5. The molecule has 2 N–H and O–H groups in total. The van der Waals surface area contributed by atoms with Gasteiger partial charge >= 0.3 is 6.03 Å². The highest BCUT2D eigenvalue weighted by molar-refractivity contribution is 6.29. The fourth-order valence-electron chi connectivity index (χ4n) is 3.06. The molecule has 2 aromatic carbocycles. The van der Waals surface area contributed by atoms with E-state index in [1.165, 1.54) is 11.0 Å². The molecule has 9 heteroatoms. The second-order valence-electron chi connectivity index (χ2n) is 6.63. The number of alkyl halides is 1. The van der Waals surface area contributed by atoms with Crippen LogP contribution in [0.3, 0.4) is 0 Å². The van der Waals surface area contributed by atoms with Gasteiger partial charge in [0.1, 0.15) is 5.88 Å². The van der Waals surface area contributed by atoms with Crippen LogP contribution in [0.25, 0.3) is 10.8 Å². The molecule has 8 nitrogen and oxygen atoms in total. The summed E-state index contributed by atoms with van der Waals surface area (Å²) in [6, 6.07) is 7.56. The zero-order valence-electron chi connectivity index (χ0n) is 15.4. The summed E-state index contributed by atoms with van der Waals surface area (Å²) in [7, 11) is 3.71. The van der Waals surface area contributed by atoms with Crippen molar-refractivity contribution in [1.29, 1.82) is 0 Å². The summed E-state index contributed by atoms with van der Waals surface area (Å²) in [5, 5.41) is 5.79. The van der Waals surface area contributed by atoms with Gasteiger partial charge in [-0.2, -0.15) is 0 Å². The highest BCUT2D eigenvalue weighted by atomic mass is 35.5. The Labute approximate surface area is 166 Å². The van der Waals surface area contributed by atoms with Crippen molar-refractivity contribution in [2.45, 2.75) is 0 Å². The van der Waals surface area contributed by atoms with Gasteiger partial charge in [0, 0.05) is 29.7 Å². The molecule has 0 bridgehead atoms. The van der Waals surface area contributed by atoms with Gasteiger partial charge in [0.25, 0.3) is 11.8 Å². The van der Waals surface area contributed by atoms with E-state index in [-0.39, 0.29) is 18.3 Å². The fourth-order valence-corrected chi connectivity index (χ4v) is 3.12. The predicted octanol–water partition coefficient (Wildman–Crippen LogP) is 1.88. The summed E-state index contributed by atoms with van der Waals surface area (Å²) in [4.78, 5) is 52.0. The van der Waals surface area contributed by atoms with E-state index in [1.807, 2.05) is 19.0 Å². The lowest BCUT2D eigenvalue weighted by Crippen LogP contribution is -2.43. The first-order chi connectivity index (χ1) is 13.3. The maximum absolute atomic E-state index is 13.0. The van der Waals surface area contributed by atoms with Crippen LogP contribution >= 0.6 is 11.6 Å². The molecule has 1 aliphatic rings. The molecule has 0 unspecified atom stereocenters. The summed E-state index contributed by atoms with van der Waals surface area (Å²) in [5.41, 5.74) is 1.10. The number of hydrogen-bond donors (Lipinski definition) is 2. The van der Waals surface area contributed by atoms with E-state index in [2.05, 4.69) is 10.6 Å². The van der Waals surface area contributed by atoms with Crippen molar-refractivity contribution in [3.8, 4) is 0 Å². The van der Waals surface area contributed by atoms with E-state index in [1.54, 1.807) is 24.3 Å². The number of carbonyl (C=O) groups is 4. The molecule has 28 heavy (non-hydrogen) atoms. The Hall–Kier alpha value is -2.97. The molecule has 0 saturated heterocycles. The first-order valence-electron chi connectivity index (χ1n) is 8.56. The van der Waals surface area contributed by atoms with E-state index >= 15 is 0 Å². The molecule has 0 spiro atoms. The van der Waals surface area contributed by atoms with Gasteiger partial charge in [-0.15, -0.1) is 11.6 Å². The van der Waals surface area contributed by atoms with Crippen LogP contribution in [0.1, 0.15) is 20.7 Å². The molecular formula is C19H19ClN4O4. The van der Waals surface area contributed by atoms with Crippen LogP contribution < -0.4 is 10.6 Å². The Morgan fingerprint density at radius 3 is 2.50 bits per heavy atom. The van der Waals surface area contributed by atoms with Gasteiger partial charge in [-0.05, 0) is 37.7 Å². The Balaban J connectivity index is 2.00. The van der Waals surface area contributed by atoms with Crippen LogP contribution in [0.4, 0.5) is 10.5 Å². The van der Waals surface area contributed by atoms with Crippen LogP contribution in [0.2, 0.25) is 0 Å². The highest BCUT2D eigenvalue weighted by Crippen LogP contribution is 2.32. The molecule has 0 saturated carbocycles. The van der Waals surface area contributed by atoms with Crippen LogP contribution in [-0.2, 0) is 4.79 Å². The SMILES string of the molecule is CN(C)CCN1C(=O)c2cccc3cc(NC(=O)NC(=O)CCl)cc(c23)C1=O. The highest BCUT2D eigenvalue weighted by Gasteiger charge is 2.33. The Kier molecular flexibility index (Phi) is 5.62. The topological polar surface area (TPSA) is 98.8 Å². The second-order valence-corrected chi connectivity index (χ2v) is 6.90. The molecule has 1 heterocycles. The number of carbonyl (C=O) groups excluding carboxylic acids is 4.